The summed E-state index contributed by atoms with van der Waals surface area (Å²) in [6.07, 6.45) is 3.37. The highest BCUT2D eigenvalue weighted by Gasteiger charge is 2.04. The highest BCUT2D eigenvalue weighted by atomic mass is 16.3. The summed E-state index contributed by atoms with van der Waals surface area (Å²) < 4.78 is 5.68. The number of para-hydroxylation sites is 1. The molecule has 3 nitrogen and oxygen atoms in total. The van der Waals surface area contributed by atoms with Crippen LogP contribution in [-0.2, 0) is 11.2 Å². The fourth-order valence-corrected chi connectivity index (χ4v) is 1.91. The molecule has 1 amide bonds. The van der Waals surface area contributed by atoms with Crippen LogP contribution in [0.1, 0.15) is 31.9 Å². The first-order chi connectivity index (χ1) is 8.79. The zero-order chi connectivity index (χ0) is 12.8. The largest absolute Gasteiger partial charge is 0.461 e. The molecule has 96 valence electrons. The summed E-state index contributed by atoms with van der Waals surface area (Å²) in [6, 6.07) is 9.98. The summed E-state index contributed by atoms with van der Waals surface area (Å²) in [5.41, 5.74) is 0.907. The van der Waals surface area contributed by atoms with Crippen molar-refractivity contribution in [3.05, 3.63) is 36.1 Å². The van der Waals surface area contributed by atoms with Gasteiger partial charge in [0.05, 0.1) is 0 Å². The van der Waals surface area contributed by atoms with Crippen LogP contribution in [0.15, 0.2) is 34.7 Å². The number of hydrogen-bond donors (Lipinski definition) is 1. The van der Waals surface area contributed by atoms with Gasteiger partial charge >= 0.3 is 0 Å². The number of rotatable bonds is 6. The number of hydrogen-bond acceptors (Lipinski definition) is 2. The number of fused-ring (bicyclic) bond motifs is 1. The van der Waals surface area contributed by atoms with Gasteiger partial charge in [0.1, 0.15) is 11.3 Å². The van der Waals surface area contributed by atoms with Crippen molar-refractivity contribution in [2.75, 3.05) is 6.54 Å². The molecule has 18 heavy (non-hydrogen) atoms. The van der Waals surface area contributed by atoms with E-state index < -0.39 is 0 Å². The summed E-state index contributed by atoms with van der Waals surface area (Å²) in [4.78, 5) is 11.4. The molecule has 1 N–H and O–H groups in total. The minimum absolute atomic E-state index is 0.132. The van der Waals surface area contributed by atoms with Crippen LogP contribution in [0.2, 0.25) is 0 Å². The number of nitrogens with one attached hydrogen (secondary N) is 1. The van der Waals surface area contributed by atoms with Crippen molar-refractivity contribution in [1.29, 1.82) is 0 Å². The third kappa shape index (κ3) is 3.36. The Hall–Kier alpha value is -1.77. The molecule has 0 saturated carbocycles. The summed E-state index contributed by atoms with van der Waals surface area (Å²) in [7, 11) is 0. The van der Waals surface area contributed by atoms with Gasteiger partial charge in [-0.3, -0.25) is 4.79 Å². The quantitative estimate of drug-likeness (QED) is 0.848. The average Bonchev–Trinajstić information content (AvgIpc) is 2.79. The summed E-state index contributed by atoms with van der Waals surface area (Å²) >= 11 is 0. The Kier molecular flexibility index (Phi) is 4.40. The molecule has 0 aliphatic carbocycles. The van der Waals surface area contributed by atoms with E-state index in [-0.39, 0.29) is 5.91 Å². The Morgan fingerprint density at radius 2 is 2.17 bits per heavy atom. The lowest BCUT2D eigenvalue weighted by Crippen LogP contribution is -2.25. The SMILES string of the molecule is CCCCC(=O)NCCc1cc2ccccc2o1. The smallest absolute Gasteiger partial charge is 0.220 e. The van der Waals surface area contributed by atoms with E-state index in [0.29, 0.717) is 13.0 Å². The lowest BCUT2D eigenvalue weighted by molar-refractivity contribution is -0.121. The minimum atomic E-state index is 0.132. The molecule has 2 aromatic rings. The maximum atomic E-state index is 11.4. The molecule has 3 heteroatoms. The Labute approximate surface area is 107 Å². The van der Waals surface area contributed by atoms with Gasteiger partial charge in [0.15, 0.2) is 0 Å². The number of unbranched alkanes of at least 4 members (excludes halogenated alkanes) is 1. The zero-order valence-corrected chi connectivity index (χ0v) is 10.7. The van der Waals surface area contributed by atoms with Gasteiger partial charge in [-0.25, -0.2) is 0 Å². The monoisotopic (exact) mass is 245 g/mol. The van der Waals surface area contributed by atoms with E-state index in [1.54, 1.807) is 0 Å². The normalized spacial score (nSPS) is 10.7. The van der Waals surface area contributed by atoms with Crippen LogP contribution in [0.5, 0.6) is 0 Å². The Balaban J connectivity index is 1.81. The lowest BCUT2D eigenvalue weighted by Gasteiger charge is -2.02. The van der Waals surface area contributed by atoms with Gasteiger partial charge in [-0.15, -0.1) is 0 Å². The van der Waals surface area contributed by atoms with Crippen molar-refractivity contribution in [3.63, 3.8) is 0 Å². The molecule has 2 rings (SSSR count). The number of furan rings is 1. The number of benzene rings is 1. The second kappa shape index (κ2) is 6.24. The van der Waals surface area contributed by atoms with Crippen LogP contribution in [0.25, 0.3) is 11.0 Å². The fourth-order valence-electron chi connectivity index (χ4n) is 1.91. The standard InChI is InChI=1S/C15H19NO2/c1-2-3-8-15(17)16-10-9-13-11-12-6-4-5-7-14(12)18-13/h4-7,11H,2-3,8-10H2,1H3,(H,16,17). The topological polar surface area (TPSA) is 42.2 Å². The van der Waals surface area contributed by atoms with Crippen LogP contribution in [0.3, 0.4) is 0 Å². The predicted molar refractivity (Wildman–Crippen MR) is 72.5 cm³/mol. The molecule has 1 aromatic heterocycles. The van der Waals surface area contributed by atoms with E-state index in [2.05, 4.69) is 12.2 Å². The van der Waals surface area contributed by atoms with Gasteiger partial charge in [0.25, 0.3) is 0 Å². The summed E-state index contributed by atoms with van der Waals surface area (Å²) in [6.45, 7) is 2.73. The first-order valence-corrected chi connectivity index (χ1v) is 6.53. The van der Waals surface area contributed by atoms with Crippen molar-refractivity contribution < 1.29 is 9.21 Å². The molecule has 0 fully saturated rings. The van der Waals surface area contributed by atoms with Crippen LogP contribution in [0.4, 0.5) is 0 Å². The van der Waals surface area contributed by atoms with Crippen molar-refractivity contribution in [3.8, 4) is 0 Å². The first-order valence-electron chi connectivity index (χ1n) is 6.53. The Morgan fingerprint density at radius 3 is 2.94 bits per heavy atom. The predicted octanol–water partition coefficient (Wildman–Crippen LogP) is 3.28. The van der Waals surface area contributed by atoms with Gasteiger partial charge in [-0.05, 0) is 18.6 Å². The van der Waals surface area contributed by atoms with Gasteiger partial charge in [-0.2, -0.15) is 0 Å². The summed E-state index contributed by atoms with van der Waals surface area (Å²) in [5, 5.41) is 4.03. The second-order valence-electron chi connectivity index (χ2n) is 4.45. The maximum Gasteiger partial charge on any atom is 0.220 e. The van der Waals surface area contributed by atoms with Crippen LogP contribution in [0, 0.1) is 0 Å². The Morgan fingerprint density at radius 1 is 1.33 bits per heavy atom. The minimum Gasteiger partial charge on any atom is -0.461 e. The molecule has 0 radical (unpaired) electrons. The number of carbonyl (C=O) groups is 1. The van der Waals surface area contributed by atoms with E-state index in [1.807, 2.05) is 30.3 Å². The van der Waals surface area contributed by atoms with Crippen molar-refractivity contribution in [2.45, 2.75) is 32.6 Å². The molecular formula is C15H19NO2. The Bertz CT molecular complexity index is 483. The average molecular weight is 245 g/mol. The highest BCUT2D eigenvalue weighted by molar-refractivity contribution is 5.78. The third-order valence-electron chi connectivity index (χ3n) is 2.93. The molecule has 0 spiro atoms. The van der Waals surface area contributed by atoms with Crippen molar-refractivity contribution in [2.24, 2.45) is 0 Å². The lowest BCUT2D eigenvalue weighted by atomic mass is 10.2. The van der Waals surface area contributed by atoms with E-state index in [1.165, 1.54) is 0 Å². The molecule has 0 aliphatic heterocycles. The second-order valence-corrected chi connectivity index (χ2v) is 4.45. The van der Waals surface area contributed by atoms with Gasteiger partial charge in [0, 0.05) is 24.8 Å². The molecular weight excluding hydrogens is 226 g/mol. The summed E-state index contributed by atoms with van der Waals surface area (Å²) in [5.74, 6) is 1.06. The van der Waals surface area contributed by atoms with Gasteiger partial charge in [-0.1, -0.05) is 31.5 Å². The van der Waals surface area contributed by atoms with Crippen molar-refractivity contribution in [1.82, 2.24) is 5.32 Å². The molecule has 1 aromatic carbocycles. The zero-order valence-electron chi connectivity index (χ0n) is 10.7. The van der Waals surface area contributed by atoms with Gasteiger partial charge in [0.2, 0.25) is 5.91 Å². The van der Waals surface area contributed by atoms with E-state index in [9.17, 15) is 4.79 Å². The fraction of sp³-hybridized carbons (Fsp3) is 0.400. The van der Waals surface area contributed by atoms with E-state index >= 15 is 0 Å². The van der Waals surface area contributed by atoms with E-state index in [4.69, 9.17) is 4.42 Å². The maximum absolute atomic E-state index is 11.4. The molecule has 0 saturated heterocycles. The first kappa shape index (κ1) is 12.7. The van der Waals surface area contributed by atoms with Crippen molar-refractivity contribution >= 4 is 16.9 Å². The molecule has 0 bridgehead atoms. The van der Waals surface area contributed by atoms with E-state index in [0.717, 1.165) is 36.0 Å². The molecule has 1 heterocycles. The van der Waals surface area contributed by atoms with Crippen LogP contribution >= 0.6 is 0 Å². The third-order valence-corrected chi connectivity index (χ3v) is 2.93. The number of amides is 1. The highest BCUT2D eigenvalue weighted by Crippen LogP contribution is 2.18. The molecule has 0 atom stereocenters. The molecule has 0 aliphatic rings. The van der Waals surface area contributed by atoms with Crippen LogP contribution in [-0.4, -0.2) is 12.5 Å². The van der Waals surface area contributed by atoms with Crippen LogP contribution < -0.4 is 5.32 Å². The van der Waals surface area contributed by atoms with Gasteiger partial charge < -0.3 is 9.73 Å². The number of carbonyl (C=O) groups excluding carboxylic acids is 1. The molecule has 0 unspecified atom stereocenters.